The fourth-order valence-electron chi connectivity index (χ4n) is 1.53. The van der Waals surface area contributed by atoms with E-state index in [1.165, 1.54) is 12.3 Å². The second-order valence-electron chi connectivity index (χ2n) is 3.99. The van der Waals surface area contributed by atoms with Gasteiger partial charge in [0.2, 0.25) is 0 Å². The van der Waals surface area contributed by atoms with Crippen molar-refractivity contribution in [3.63, 3.8) is 0 Å². The number of pyridine rings is 1. The van der Waals surface area contributed by atoms with Crippen molar-refractivity contribution in [3.05, 3.63) is 29.8 Å². The van der Waals surface area contributed by atoms with Crippen molar-refractivity contribution in [2.45, 2.75) is 32.7 Å². The number of nitrogens with one attached hydrogen (secondary N) is 1. The summed E-state index contributed by atoms with van der Waals surface area (Å²) in [6.07, 6.45) is 2.32. The molecule has 0 aliphatic carbocycles. The van der Waals surface area contributed by atoms with Crippen molar-refractivity contribution >= 4 is 5.97 Å². The highest BCUT2D eigenvalue weighted by molar-refractivity contribution is 5.69. The van der Waals surface area contributed by atoms with Crippen molar-refractivity contribution < 1.29 is 13.9 Å². The number of carbonyl (C=O) groups is 1. The van der Waals surface area contributed by atoms with E-state index in [0.717, 1.165) is 5.69 Å². The molecule has 1 atom stereocenters. The van der Waals surface area contributed by atoms with E-state index in [2.05, 4.69) is 10.3 Å². The predicted octanol–water partition coefficient (Wildman–Crippen LogP) is 2.21. The van der Waals surface area contributed by atoms with Gasteiger partial charge in [-0.15, -0.1) is 0 Å². The van der Waals surface area contributed by atoms with Gasteiger partial charge >= 0.3 is 5.97 Å². The lowest BCUT2D eigenvalue weighted by Gasteiger charge is -2.12. The summed E-state index contributed by atoms with van der Waals surface area (Å²) in [7, 11) is 0. The average molecular weight is 254 g/mol. The van der Waals surface area contributed by atoms with Crippen LogP contribution in [0.15, 0.2) is 18.3 Å². The second kappa shape index (κ2) is 7.76. The van der Waals surface area contributed by atoms with Crippen LogP contribution in [-0.2, 0) is 9.53 Å². The van der Waals surface area contributed by atoms with E-state index in [4.69, 9.17) is 4.74 Å². The minimum atomic E-state index is -0.340. The number of nitrogens with zero attached hydrogens (tertiary/aromatic N) is 1. The molecule has 0 saturated carbocycles. The minimum Gasteiger partial charge on any atom is -0.466 e. The Labute approximate surface area is 107 Å². The van der Waals surface area contributed by atoms with E-state index in [1.807, 2.05) is 6.92 Å². The van der Waals surface area contributed by atoms with E-state index in [-0.39, 0.29) is 17.8 Å². The summed E-state index contributed by atoms with van der Waals surface area (Å²) < 4.78 is 17.5. The molecule has 0 bridgehead atoms. The van der Waals surface area contributed by atoms with Crippen LogP contribution in [0.4, 0.5) is 4.39 Å². The molecule has 5 heteroatoms. The van der Waals surface area contributed by atoms with Gasteiger partial charge in [-0.2, -0.15) is 0 Å². The Kier molecular flexibility index (Phi) is 6.28. The highest BCUT2D eigenvalue weighted by Crippen LogP contribution is 2.09. The van der Waals surface area contributed by atoms with Crippen molar-refractivity contribution in [2.75, 3.05) is 13.2 Å². The van der Waals surface area contributed by atoms with Gasteiger partial charge < -0.3 is 10.1 Å². The summed E-state index contributed by atoms with van der Waals surface area (Å²) in [5, 5.41) is 3.22. The summed E-state index contributed by atoms with van der Waals surface area (Å²) >= 11 is 0. The molecule has 0 amide bonds. The van der Waals surface area contributed by atoms with Crippen LogP contribution in [0, 0.1) is 5.82 Å². The maximum absolute atomic E-state index is 12.7. The van der Waals surface area contributed by atoms with Gasteiger partial charge in [-0.25, -0.2) is 4.39 Å². The van der Waals surface area contributed by atoms with E-state index in [9.17, 15) is 9.18 Å². The summed E-state index contributed by atoms with van der Waals surface area (Å²) in [5.41, 5.74) is 0.785. The standard InChI is InChI=1S/C13H19FN2O2/c1-3-18-13(17)5-4-8-15-10(2)12-7-6-11(14)9-16-12/h6-7,9-10,15H,3-5,8H2,1-2H3. The van der Waals surface area contributed by atoms with Crippen LogP contribution in [0.3, 0.4) is 0 Å². The molecule has 1 rings (SSSR count). The van der Waals surface area contributed by atoms with Gasteiger partial charge in [0.15, 0.2) is 0 Å². The average Bonchev–Trinajstić information content (AvgIpc) is 2.35. The van der Waals surface area contributed by atoms with Gasteiger partial charge in [0.25, 0.3) is 0 Å². The molecule has 1 aromatic heterocycles. The number of esters is 1. The van der Waals surface area contributed by atoms with Gasteiger partial charge in [-0.1, -0.05) is 0 Å². The van der Waals surface area contributed by atoms with Crippen molar-refractivity contribution in [1.82, 2.24) is 10.3 Å². The molecule has 1 unspecified atom stereocenters. The van der Waals surface area contributed by atoms with Crippen LogP contribution in [0.1, 0.15) is 38.4 Å². The van der Waals surface area contributed by atoms with Crippen LogP contribution in [0.2, 0.25) is 0 Å². The zero-order valence-corrected chi connectivity index (χ0v) is 10.8. The maximum Gasteiger partial charge on any atom is 0.305 e. The van der Waals surface area contributed by atoms with E-state index in [1.54, 1.807) is 13.0 Å². The number of hydrogen-bond acceptors (Lipinski definition) is 4. The smallest absolute Gasteiger partial charge is 0.305 e. The number of rotatable bonds is 7. The third kappa shape index (κ3) is 5.23. The number of carbonyl (C=O) groups excluding carboxylic acids is 1. The second-order valence-corrected chi connectivity index (χ2v) is 3.99. The summed E-state index contributed by atoms with van der Waals surface area (Å²) in [5.74, 6) is -0.514. The predicted molar refractivity (Wildman–Crippen MR) is 66.5 cm³/mol. The van der Waals surface area contributed by atoms with Gasteiger partial charge in [0.1, 0.15) is 5.82 Å². The topological polar surface area (TPSA) is 51.2 Å². The summed E-state index contributed by atoms with van der Waals surface area (Å²) in [6, 6.07) is 3.07. The van der Waals surface area contributed by atoms with E-state index in [0.29, 0.717) is 26.0 Å². The third-order valence-corrected chi connectivity index (χ3v) is 2.51. The molecule has 0 aromatic carbocycles. The lowest BCUT2D eigenvalue weighted by molar-refractivity contribution is -0.143. The fraction of sp³-hybridized carbons (Fsp3) is 0.538. The first-order chi connectivity index (χ1) is 8.63. The van der Waals surface area contributed by atoms with Crippen molar-refractivity contribution in [1.29, 1.82) is 0 Å². The summed E-state index contributed by atoms with van der Waals surface area (Å²) in [6.45, 7) is 4.85. The highest BCUT2D eigenvalue weighted by atomic mass is 19.1. The molecular formula is C13H19FN2O2. The zero-order chi connectivity index (χ0) is 13.4. The zero-order valence-electron chi connectivity index (χ0n) is 10.8. The monoisotopic (exact) mass is 254 g/mol. The minimum absolute atomic E-state index is 0.0350. The fourth-order valence-corrected chi connectivity index (χ4v) is 1.53. The molecule has 0 radical (unpaired) electrons. The molecule has 1 aromatic rings. The lowest BCUT2D eigenvalue weighted by atomic mass is 10.2. The maximum atomic E-state index is 12.7. The highest BCUT2D eigenvalue weighted by Gasteiger charge is 2.07. The van der Waals surface area contributed by atoms with Crippen molar-refractivity contribution in [3.8, 4) is 0 Å². The first-order valence-corrected chi connectivity index (χ1v) is 6.14. The molecular weight excluding hydrogens is 235 g/mol. The largest absolute Gasteiger partial charge is 0.466 e. The Balaban J connectivity index is 2.23. The third-order valence-electron chi connectivity index (χ3n) is 2.51. The Hall–Kier alpha value is -1.49. The molecule has 1 heterocycles. The van der Waals surface area contributed by atoms with E-state index >= 15 is 0 Å². The molecule has 0 fully saturated rings. The first kappa shape index (κ1) is 14.6. The van der Waals surface area contributed by atoms with Crippen LogP contribution in [-0.4, -0.2) is 24.1 Å². The van der Waals surface area contributed by atoms with Crippen molar-refractivity contribution in [2.24, 2.45) is 0 Å². The van der Waals surface area contributed by atoms with Crippen LogP contribution in [0.5, 0.6) is 0 Å². The molecule has 4 nitrogen and oxygen atoms in total. The van der Waals surface area contributed by atoms with Gasteiger partial charge in [-0.05, 0) is 38.9 Å². The quantitative estimate of drug-likeness (QED) is 0.598. The Morgan fingerprint density at radius 2 is 2.33 bits per heavy atom. The lowest BCUT2D eigenvalue weighted by Crippen LogP contribution is -2.21. The SMILES string of the molecule is CCOC(=O)CCCNC(C)c1ccc(F)cn1. The molecule has 0 spiro atoms. The normalized spacial score (nSPS) is 12.2. The van der Waals surface area contributed by atoms with Crippen LogP contribution in [0.25, 0.3) is 0 Å². The number of aromatic nitrogens is 1. The Morgan fingerprint density at radius 3 is 2.94 bits per heavy atom. The molecule has 1 N–H and O–H groups in total. The first-order valence-electron chi connectivity index (χ1n) is 6.14. The number of ether oxygens (including phenoxy) is 1. The van der Waals surface area contributed by atoms with Gasteiger partial charge in [0.05, 0.1) is 18.5 Å². The number of halogens is 1. The van der Waals surface area contributed by atoms with Crippen LogP contribution < -0.4 is 5.32 Å². The van der Waals surface area contributed by atoms with Gasteiger partial charge in [0, 0.05) is 12.5 Å². The molecule has 18 heavy (non-hydrogen) atoms. The Bertz CT molecular complexity index is 368. The van der Waals surface area contributed by atoms with E-state index < -0.39 is 0 Å². The van der Waals surface area contributed by atoms with Gasteiger partial charge in [-0.3, -0.25) is 9.78 Å². The van der Waals surface area contributed by atoms with Crippen LogP contribution >= 0.6 is 0 Å². The molecule has 0 aliphatic heterocycles. The number of hydrogen-bond donors (Lipinski definition) is 1. The Morgan fingerprint density at radius 1 is 1.56 bits per heavy atom. The molecule has 0 saturated heterocycles. The molecule has 100 valence electrons. The summed E-state index contributed by atoms with van der Waals surface area (Å²) in [4.78, 5) is 15.1. The molecule has 0 aliphatic rings.